The molecule has 0 fully saturated rings. The predicted octanol–water partition coefficient (Wildman–Crippen LogP) is 3.41. The topological polar surface area (TPSA) is 70.1 Å². The van der Waals surface area contributed by atoms with Gasteiger partial charge in [-0.05, 0) is 40.8 Å². The van der Waals surface area contributed by atoms with Gasteiger partial charge in [0, 0.05) is 9.13 Å². The van der Waals surface area contributed by atoms with Crippen LogP contribution in [0.25, 0.3) is 11.0 Å². The molecule has 0 aliphatic rings. The molecule has 1 heterocycles. The van der Waals surface area contributed by atoms with Crippen LogP contribution in [0.4, 0.5) is 0 Å². The molecule has 0 bridgehead atoms. The lowest BCUT2D eigenvalue weighted by molar-refractivity contribution is -0.118. The predicted molar refractivity (Wildman–Crippen MR) is 102 cm³/mol. The molecule has 0 spiro atoms. The van der Waals surface area contributed by atoms with Gasteiger partial charge in [0.15, 0.2) is 5.16 Å². The van der Waals surface area contributed by atoms with Crippen LogP contribution in [0.2, 0.25) is 0 Å². The number of amides is 1. The number of aromatic amines is 1. The molecule has 5 nitrogen and oxygen atoms in total. The largest absolute Gasteiger partial charge is 0.333 e. The molecule has 0 unspecified atom stereocenters. The van der Waals surface area contributed by atoms with Crippen LogP contribution in [0.5, 0.6) is 0 Å². The molecule has 1 aromatic heterocycles. The molecule has 0 atom stereocenters. The minimum atomic E-state index is -0.169. The average Bonchev–Trinajstić information content (AvgIpc) is 2.98. The molecule has 3 aromatic rings. The van der Waals surface area contributed by atoms with Crippen LogP contribution in [-0.4, -0.2) is 27.8 Å². The zero-order chi connectivity index (χ0) is 16.1. The highest BCUT2D eigenvalue weighted by molar-refractivity contribution is 14.1. The van der Waals surface area contributed by atoms with E-state index < -0.39 is 0 Å². The van der Waals surface area contributed by atoms with Crippen molar-refractivity contribution >= 4 is 57.5 Å². The summed E-state index contributed by atoms with van der Waals surface area (Å²) in [6.07, 6.45) is 1.64. The number of thioether (sulfide) groups is 1. The van der Waals surface area contributed by atoms with Crippen LogP contribution in [0, 0.1) is 3.57 Å². The van der Waals surface area contributed by atoms with E-state index in [1.807, 2.05) is 48.5 Å². The fraction of sp³-hybridized carbons (Fsp3) is 0.0625. The molecule has 0 aliphatic heterocycles. The molecule has 0 radical (unpaired) electrons. The molecular weight excluding hydrogens is 423 g/mol. The summed E-state index contributed by atoms with van der Waals surface area (Å²) >= 11 is 3.58. The summed E-state index contributed by atoms with van der Waals surface area (Å²) in [4.78, 5) is 19.4. The first-order valence-electron chi connectivity index (χ1n) is 6.86. The number of para-hydroxylation sites is 2. The highest BCUT2D eigenvalue weighted by Crippen LogP contribution is 2.18. The van der Waals surface area contributed by atoms with Crippen LogP contribution in [0.1, 0.15) is 5.56 Å². The van der Waals surface area contributed by atoms with Gasteiger partial charge in [0.2, 0.25) is 0 Å². The fourth-order valence-corrected chi connectivity index (χ4v) is 3.12. The Bertz CT molecular complexity index is 829. The van der Waals surface area contributed by atoms with Crippen molar-refractivity contribution in [2.24, 2.45) is 5.10 Å². The number of aromatic nitrogens is 2. The third kappa shape index (κ3) is 4.32. The normalized spacial score (nSPS) is 11.2. The Morgan fingerprint density at radius 3 is 2.87 bits per heavy atom. The zero-order valence-corrected chi connectivity index (χ0v) is 15.0. The molecule has 2 N–H and O–H groups in total. The van der Waals surface area contributed by atoms with E-state index in [9.17, 15) is 4.79 Å². The first-order chi connectivity index (χ1) is 11.2. The van der Waals surface area contributed by atoms with Gasteiger partial charge in [0.05, 0.1) is 23.0 Å². The monoisotopic (exact) mass is 436 g/mol. The van der Waals surface area contributed by atoms with Crippen LogP contribution in [0.3, 0.4) is 0 Å². The Hall–Kier alpha value is -1.87. The number of rotatable bonds is 5. The number of hydrogen-bond donors (Lipinski definition) is 2. The highest BCUT2D eigenvalue weighted by atomic mass is 127. The molecule has 0 saturated carbocycles. The standard InChI is InChI=1S/C16H13IN4OS/c17-12-6-2-1-5-11(12)9-18-21-15(22)10-23-16-19-13-7-3-4-8-14(13)20-16/h1-9H,10H2,(H,19,20)(H,21,22). The molecule has 0 saturated heterocycles. The van der Waals surface area contributed by atoms with Gasteiger partial charge < -0.3 is 4.98 Å². The number of nitrogens with one attached hydrogen (secondary N) is 2. The van der Waals surface area contributed by atoms with E-state index in [0.717, 1.165) is 25.3 Å². The number of carbonyl (C=O) groups excluding carboxylic acids is 1. The summed E-state index contributed by atoms with van der Waals surface area (Å²) in [7, 11) is 0. The van der Waals surface area contributed by atoms with Crippen LogP contribution >= 0.6 is 34.4 Å². The number of imidazole rings is 1. The van der Waals surface area contributed by atoms with Gasteiger partial charge in [-0.3, -0.25) is 4.79 Å². The smallest absolute Gasteiger partial charge is 0.250 e. The summed E-state index contributed by atoms with van der Waals surface area (Å²) in [5, 5.41) is 4.71. The van der Waals surface area contributed by atoms with Gasteiger partial charge in [-0.25, -0.2) is 10.4 Å². The van der Waals surface area contributed by atoms with E-state index in [1.165, 1.54) is 11.8 Å². The minimum Gasteiger partial charge on any atom is -0.333 e. The van der Waals surface area contributed by atoms with Crippen molar-refractivity contribution in [1.82, 2.24) is 15.4 Å². The Balaban J connectivity index is 1.52. The summed E-state index contributed by atoms with van der Waals surface area (Å²) in [6.45, 7) is 0. The van der Waals surface area contributed by atoms with Gasteiger partial charge >= 0.3 is 0 Å². The number of benzene rings is 2. The van der Waals surface area contributed by atoms with Crippen molar-refractivity contribution in [1.29, 1.82) is 0 Å². The van der Waals surface area contributed by atoms with Crippen molar-refractivity contribution in [2.45, 2.75) is 5.16 Å². The lowest BCUT2D eigenvalue weighted by atomic mass is 10.2. The number of nitrogens with zero attached hydrogens (tertiary/aromatic N) is 2. The molecule has 0 aliphatic carbocycles. The third-order valence-corrected chi connectivity index (χ3v) is 4.86. The van der Waals surface area contributed by atoms with Crippen molar-refractivity contribution < 1.29 is 4.79 Å². The number of hydrogen-bond acceptors (Lipinski definition) is 4. The lowest BCUT2D eigenvalue weighted by Crippen LogP contribution is -2.19. The van der Waals surface area contributed by atoms with E-state index in [0.29, 0.717) is 0 Å². The third-order valence-electron chi connectivity index (χ3n) is 3.01. The van der Waals surface area contributed by atoms with E-state index in [2.05, 4.69) is 43.1 Å². The maximum Gasteiger partial charge on any atom is 0.250 e. The van der Waals surface area contributed by atoms with E-state index in [4.69, 9.17) is 0 Å². The molecule has 3 rings (SSSR count). The number of fused-ring (bicyclic) bond motifs is 1. The molecule has 2 aromatic carbocycles. The summed E-state index contributed by atoms with van der Waals surface area (Å²) in [5.74, 6) is 0.0842. The second-order valence-corrected chi connectivity index (χ2v) is 6.79. The van der Waals surface area contributed by atoms with Gasteiger partial charge in [-0.2, -0.15) is 5.10 Å². The number of carbonyl (C=O) groups is 1. The van der Waals surface area contributed by atoms with Crippen molar-refractivity contribution in [3.8, 4) is 0 Å². The Morgan fingerprint density at radius 2 is 2.04 bits per heavy atom. The fourth-order valence-electron chi connectivity index (χ4n) is 1.92. The lowest BCUT2D eigenvalue weighted by Gasteiger charge is -1.99. The van der Waals surface area contributed by atoms with Crippen LogP contribution in [-0.2, 0) is 4.79 Å². The molecule has 23 heavy (non-hydrogen) atoms. The molecule has 7 heteroatoms. The Kier molecular flexibility index (Phi) is 5.29. The van der Waals surface area contributed by atoms with E-state index >= 15 is 0 Å². The number of hydrazone groups is 1. The second-order valence-electron chi connectivity index (χ2n) is 4.66. The minimum absolute atomic E-state index is 0.169. The average molecular weight is 436 g/mol. The summed E-state index contributed by atoms with van der Waals surface area (Å²) < 4.78 is 1.08. The second kappa shape index (κ2) is 7.60. The van der Waals surface area contributed by atoms with Crippen LogP contribution in [0.15, 0.2) is 58.8 Å². The van der Waals surface area contributed by atoms with Gasteiger partial charge in [0.1, 0.15) is 0 Å². The van der Waals surface area contributed by atoms with Gasteiger partial charge in [-0.1, -0.05) is 42.1 Å². The number of halogens is 1. The zero-order valence-electron chi connectivity index (χ0n) is 12.0. The first kappa shape index (κ1) is 16.0. The van der Waals surface area contributed by atoms with Gasteiger partial charge in [-0.15, -0.1) is 0 Å². The Labute approximate surface area is 151 Å². The molecule has 116 valence electrons. The van der Waals surface area contributed by atoms with Crippen molar-refractivity contribution in [3.63, 3.8) is 0 Å². The first-order valence-corrected chi connectivity index (χ1v) is 8.93. The van der Waals surface area contributed by atoms with E-state index in [-0.39, 0.29) is 11.7 Å². The maximum absolute atomic E-state index is 11.8. The van der Waals surface area contributed by atoms with Crippen LogP contribution < -0.4 is 5.43 Å². The van der Waals surface area contributed by atoms with Crippen molar-refractivity contribution in [3.05, 3.63) is 57.7 Å². The number of H-pyrrole nitrogens is 1. The van der Waals surface area contributed by atoms with E-state index in [1.54, 1.807) is 6.21 Å². The quantitative estimate of drug-likeness (QED) is 0.279. The summed E-state index contributed by atoms with van der Waals surface area (Å²) in [6, 6.07) is 15.6. The molecule has 1 amide bonds. The summed E-state index contributed by atoms with van der Waals surface area (Å²) in [5.41, 5.74) is 5.36. The Morgan fingerprint density at radius 1 is 1.26 bits per heavy atom. The SMILES string of the molecule is O=C(CSc1nc2ccccc2[nH]1)NN=Cc1ccccc1I. The molecular formula is C16H13IN4OS. The highest BCUT2D eigenvalue weighted by Gasteiger charge is 2.06. The van der Waals surface area contributed by atoms with Crippen molar-refractivity contribution in [2.75, 3.05) is 5.75 Å². The van der Waals surface area contributed by atoms with Gasteiger partial charge in [0.25, 0.3) is 5.91 Å². The maximum atomic E-state index is 11.8.